The van der Waals surface area contributed by atoms with Crippen molar-refractivity contribution in [2.24, 2.45) is 5.92 Å². The second kappa shape index (κ2) is 7.95. The van der Waals surface area contributed by atoms with Crippen LogP contribution in [0.2, 0.25) is 0 Å². The number of hydrogen-bond donors (Lipinski definition) is 1. The number of carbonyl (C=O) groups is 2. The zero-order chi connectivity index (χ0) is 19.7. The Morgan fingerprint density at radius 1 is 1.14 bits per heavy atom. The first kappa shape index (κ1) is 19.0. The van der Waals surface area contributed by atoms with Gasteiger partial charge >= 0.3 is 0 Å². The molecule has 2 saturated carbocycles. The third-order valence-corrected chi connectivity index (χ3v) is 6.48. The van der Waals surface area contributed by atoms with Crippen molar-refractivity contribution in [3.8, 4) is 0 Å². The van der Waals surface area contributed by atoms with E-state index in [1.165, 1.54) is 11.3 Å². The van der Waals surface area contributed by atoms with E-state index in [-0.39, 0.29) is 17.7 Å². The maximum absolute atomic E-state index is 13.0. The van der Waals surface area contributed by atoms with Crippen LogP contribution in [0.3, 0.4) is 0 Å². The van der Waals surface area contributed by atoms with Gasteiger partial charge in [0, 0.05) is 44.0 Å². The molecule has 0 unspecified atom stereocenters. The lowest BCUT2D eigenvalue weighted by Crippen LogP contribution is -2.33. The molecule has 2 aromatic rings. The molecule has 6 heteroatoms. The largest absolute Gasteiger partial charge is 0.377 e. The molecule has 0 radical (unpaired) electrons. The summed E-state index contributed by atoms with van der Waals surface area (Å²) in [4.78, 5) is 30.2. The maximum Gasteiger partial charge on any atom is 0.264 e. The minimum absolute atomic E-state index is 0.103. The first-order valence-corrected chi connectivity index (χ1v) is 10.9. The van der Waals surface area contributed by atoms with Gasteiger partial charge in [-0.15, -0.1) is 11.3 Å². The first-order valence-electron chi connectivity index (χ1n) is 9.98. The molecule has 1 aromatic carbocycles. The second-order valence-corrected chi connectivity index (χ2v) is 8.94. The van der Waals surface area contributed by atoms with Crippen LogP contribution < -0.4 is 10.2 Å². The first-order chi connectivity index (χ1) is 13.5. The van der Waals surface area contributed by atoms with Gasteiger partial charge in [-0.3, -0.25) is 9.59 Å². The second-order valence-electron chi connectivity index (χ2n) is 8.00. The molecular weight excluding hydrogens is 370 g/mol. The van der Waals surface area contributed by atoms with Gasteiger partial charge in [0.1, 0.15) is 0 Å². The minimum Gasteiger partial charge on any atom is -0.377 e. The zero-order valence-electron chi connectivity index (χ0n) is 16.5. The molecule has 2 aliphatic rings. The number of anilines is 2. The summed E-state index contributed by atoms with van der Waals surface area (Å²) in [5, 5.41) is 5.01. The number of thiophene rings is 1. The Labute approximate surface area is 170 Å². The summed E-state index contributed by atoms with van der Waals surface area (Å²) >= 11 is 1.49. The summed E-state index contributed by atoms with van der Waals surface area (Å²) in [6, 6.07) is 10.2. The summed E-state index contributed by atoms with van der Waals surface area (Å²) in [5.74, 6) is 0.370. The van der Waals surface area contributed by atoms with E-state index in [0.717, 1.165) is 53.9 Å². The van der Waals surface area contributed by atoms with Crippen molar-refractivity contribution in [2.45, 2.75) is 44.7 Å². The highest BCUT2D eigenvalue weighted by atomic mass is 32.1. The van der Waals surface area contributed by atoms with Gasteiger partial charge in [0.15, 0.2) is 0 Å². The lowest BCUT2D eigenvalue weighted by molar-refractivity contribution is -0.122. The van der Waals surface area contributed by atoms with Gasteiger partial charge in [-0.25, -0.2) is 0 Å². The molecule has 0 atom stereocenters. The molecule has 0 bridgehead atoms. The highest BCUT2D eigenvalue weighted by molar-refractivity contribution is 7.12. The highest BCUT2D eigenvalue weighted by Crippen LogP contribution is 2.34. The zero-order valence-corrected chi connectivity index (χ0v) is 17.3. The van der Waals surface area contributed by atoms with E-state index >= 15 is 0 Å². The molecule has 1 aromatic heterocycles. The van der Waals surface area contributed by atoms with E-state index < -0.39 is 0 Å². The Hall–Kier alpha value is -2.34. The molecule has 5 nitrogen and oxygen atoms in total. The number of benzene rings is 1. The standard InChI is InChI=1S/C22H27N3O2S/c1-24(2)19-11-8-17(23-21(26)15-5-3-6-15)13-16(19)14-25(18-9-10-18)22(27)20-7-4-12-28-20/h4,7-8,11-13,15,18H,3,5-6,9-10,14H2,1-2H3,(H,23,26). The van der Waals surface area contributed by atoms with Crippen LogP contribution >= 0.6 is 11.3 Å². The summed E-state index contributed by atoms with van der Waals surface area (Å²) in [6.45, 7) is 0.558. The molecule has 1 heterocycles. The van der Waals surface area contributed by atoms with Crippen molar-refractivity contribution >= 4 is 34.5 Å². The molecule has 2 aliphatic carbocycles. The Bertz CT molecular complexity index is 855. The van der Waals surface area contributed by atoms with Crippen LogP contribution in [0, 0.1) is 5.92 Å². The highest BCUT2D eigenvalue weighted by Gasteiger charge is 2.34. The normalized spacial score (nSPS) is 16.4. The van der Waals surface area contributed by atoms with Gasteiger partial charge in [-0.2, -0.15) is 0 Å². The number of hydrogen-bond acceptors (Lipinski definition) is 4. The van der Waals surface area contributed by atoms with Crippen molar-refractivity contribution in [1.82, 2.24) is 4.90 Å². The van der Waals surface area contributed by atoms with Crippen LogP contribution in [0.15, 0.2) is 35.7 Å². The third kappa shape index (κ3) is 4.07. The number of nitrogens with zero attached hydrogens (tertiary/aromatic N) is 2. The van der Waals surface area contributed by atoms with E-state index in [4.69, 9.17) is 0 Å². The van der Waals surface area contributed by atoms with E-state index in [0.29, 0.717) is 12.6 Å². The fourth-order valence-corrected chi connectivity index (χ4v) is 4.30. The van der Waals surface area contributed by atoms with Gasteiger partial charge in [-0.05, 0) is 60.9 Å². The molecule has 0 spiro atoms. The average Bonchev–Trinajstić information content (AvgIpc) is 3.30. The van der Waals surface area contributed by atoms with E-state index in [9.17, 15) is 9.59 Å². The van der Waals surface area contributed by atoms with Crippen LogP contribution in [-0.2, 0) is 11.3 Å². The Morgan fingerprint density at radius 2 is 1.93 bits per heavy atom. The summed E-state index contributed by atoms with van der Waals surface area (Å²) in [5.41, 5.74) is 2.95. The van der Waals surface area contributed by atoms with E-state index in [1.807, 2.05) is 54.7 Å². The molecule has 1 N–H and O–H groups in total. The monoisotopic (exact) mass is 397 g/mol. The van der Waals surface area contributed by atoms with Crippen molar-refractivity contribution in [1.29, 1.82) is 0 Å². The molecular formula is C22H27N3O2S. The number of amides is 2. The van der Waals surface area contributed by atoms with Crippen molar-refractivity contribution < 1.29 is 9.59 Å². The lowest BCUT2D eigenvalue weighted by atomic mass is 9.85. The topological polar surface area (TPSA) is 52.7 Å². The SMILES string of the molecule is CN(C)c1ccc(NC(=O)C2CCC2)cc1CN(C(=O)c1cccs1)C1CC1. The smallest absolute Gasteiger partial charge is 0.264 e. The fraction of sp³-hybridized carbons (Fsp3) is 0.455. The van der Waals surface area contributed by atoms with Crippen LogP contribution in [0.4, 0.5) is 11.4 Å². The van der Waals surface area contributed by atoms with Crippen molar-refractivity contribution in [3.63, 3.8) is 0 Å². The van der Waals surface area contributed by atoms with E-state index in [1.54, 1.807) is 0 Å². The fourth-order valence-electron chi connectivity index (χ4n) is 3.62. The quantitative estimate of drug-likeness (QED) is 0.755. The molecule has 0 saturated heterocycles. The predicted octanol–water partition coefficient (Wildman–Crippen LogP) is 4.36. The third-order valence-electron chi connectivity index (χ3n) is 5.63. The number of nitrogens with one attached hydrogen (secondary N) is 1. The predicted molar refractivity (Wildman–Crippen MR) is 114 cm³/mol. The Kier molecular flexibility index (Phi) is 5.40. The van der Waals surface area contributed by atoms with E-state index in [2.05, 4.69) is 10.2 Å². The van der Waals surface area contributed by atoms with Gasteiger partial charge in [0.25, 0.3) is 5.91 Å². The summed E-state index contributed by atoms with van der Waals surface area (Å²) < 4.78 is 0. The van der Waals surface area contributed by atoms with Crippen LogP contribution in [0.25, 0.3) is 0 Å². The molecule has 4 rings (SSSR count). The molecule has 28 heavy (non-hydrogen) atoms. The molecule has 148 valence electrons. The Morgan fingerprint density at radius 3 is 2.50 bits per heavy atom. The van der Waals surface area contributed by atoms with Gasteiger partial charge < -0.3 is 15.1 Å². The van der Waals surface area contributed by atoms with Crippen molar-refractivity contribution in [2.75, 3.05) is 24.3 Å². The van der Waals surface area contributed by atoms with Crippen LogP contribution in [0.1, 0.15) is 47.3 Å². The summed E-state index contributed by atoms with van der Waals surface area (Å²) in [6.07, 6.45) is 5.24. The van der Waals surface area contributed by atoms with Crippen molar-refractivity contribution in [3.05, 3.63) is 46.2 Å². The van der Waals surface area contributed by atoms with Gasteiger partial charge in [-0.1, -0.05) is 12.5 Å². The molecule has 2 amide bonds. The van der Waals surface area contributed by atoms with Crippen LogP contribution in [-0.4, -0.2) is 36.9 Å². The van der Waals surface area contributed by atoms with Crippen LogP contribution in [0.5, 0.6) is 0 Å². The summed E-state index contributed by atoms with van der Waals surface area (Å²) in [7, 11) is 4.02. The maximum atomic E-state index is 13.0. The number of rotatable bonds is 7. The Balaban J connectivity index is 1.57. The molecule has 2 fully saturated rings. The average molecular weight is 398 g/mol. The van der Waals surface area contributed by atoms with Gasteiger partial charge in [0.05, 0.1) is 4.88 Å². The van der Waals surface area contributed by atoms with Gasteiger partial charge in [0.2, 0.25) is 5.91 Å². The number of carbonyl (C=O) groups excluding carboxylic acids is 2. The minimum atomic E-state index is 0.103. The lowest BCUT2D eigenvalue weighted by Gasteiger charge is -2.27. The molecule has 0 aliphatic heterocycles.